The monoisotopic (exact) mass is 766 g/mol. The first kappa shape index (κ1) is 35.0. The topological polar surface area (TPSA) is 52.3 Å². The largest absolute Gasteiger partial charge is 0.457 e. The van der Waals surface area contributed by atoms with Crippen molar-refractivity contribution >= 4 is 27.2 Å². The summed E-state index contributed by atoms with van der Waals surface area (Å²) in [5.74, 6) is 3.21. The highest BCUT2D eigenvalue weighted by Gasteiger charge is 2.45. The molecule has 1 aromatic heterocycles. The van der Waals surface area contributed by atoms with Crippen LogP contribution in [0.3, 0.4) is 0 Å². The minimum absolute atomic E-state index is 0.536. The van der Waals surface area contributed by atoms with E-state index in [0.717, 1.165) is 77.7 Å². The Labute approximate surface area is 347 Å². The zero-order valence-electron chi connectivity index (χ0n) is 32.3. The molecule has 10 aromatic rings. The summed E-state index contributed by atoms with van der Waals surface area (Å²) >= 11 is 0. The van der Waals surface area contributed by atoms with E-state index in [1.54, 1.807) is 0 Å². The standard InChI is InChI=1S/C55H34N4O/c1-56-43-30-27-36(28-31-43)37-16-14-17-39(33-37)52-57-53(59-54(58-52)47-34-38-15-8-9-22-44(38)45-23-10-11-24-46(45)47)40-29-32-49-51(35-40)60-50-26-13-12-25-48(50)55(49,41-18-4-2-5-19-41)42-20-6-3-7-21-42/h2-35H. The number of hydrogen-bond acceptors (Lipinski definition) is 4. The van der Waals surface area contributed by atoms with Gasteiger partial charge in [-0.1, -0.05) is 182 Å². The van der Waals surface area contributed by atoms with Crippen LogP contribution in [0.5, 0.6) is 11.5 Å². The van der Waals surface area contributed by atoms with Crippen LogP contribution in [0.4, 0.5) is 5.69 Å². The van der Waals surface area contributed by atoms with E-state index >= 15 is 0 Å². The second-order valence-electron chi connectivity index (χ2n) is 15.0. The van der Waals surface area contributed by atoms with Crippen molar-refractivity contribution in [1.29, 1.82) is 0 Å². The molecule has 11 rings (SSSR count). The maximum atomic E-state index is 7.42. The molecule has 0 amide bonds. The van der Waals surface area contributed by atoms with E-state index < -0.39 is 5.41 Å². The van der Waals surface area contributed by atoms with Gasteiger partial charge < -0.3 is 4.74 Å². The third-order valence-electron chi connectivity index (χ3n) is 11.7. The fraction of sp³-hybridized carbons (Fsp3) is 0.0182. The number of rotatable bonds is 6. The van der Waals surface area contributed by atoms with Gasteiger partial charge in [-0.3, -0.25) is 0 Å². The van der Waals surface area contributed by atoms with E-state index in [9.17, 15) is 0 Å². The van der Waals surface area contributed by atoms with Gasteiger partial charge in [-0.15, -0.1) is 0 Å². The number of aromatic nitrogens is 3. The van der Waals surface area contributed by atoms with Gasteiger partial charge in [0.2, 0.25) is 0 Å². The summed E-state index contributed by atoms with van der Waals surface area (Å²) in [6.07, 6.45) is 0. The Balaban J connectivity index is 1.14. The lowest BCUT2D eigenvalue weighted by atomic mass is 9.63. The van der Waals surface area contributed by atoms with Crippen molar-refractivity contribution in [1.82, 2.24) is 15.0 Å². The molecule has 5 nitrogen and oxygen atoms in total. The summed E-state index contributed by atoms with van der Waals surface area (Å²) in [6.45, 7) is 7.42. The average molecular weight is 767 g/mol. The van der Waals surface area contributed by atoms with Crippen molar-refractivity contribution < 1.29 is 4.74 Å². The van der Waals surface area contributed by atoms with Gasteiger partial charge in [0.1, 0.15) is 11.5 Å². The fourth-order valence-corrected chi connectivity index (χ4v) is 8.91. The zero-order chi connectivity index (χ0) is 40.0. The van der Waals surface area contributed by atoms with Crippen LogP contribution in [0.2, 0.25) is 0 Å². The Morgan fingerprint density at radius 3 is 1.70 bits per heavy atom. The molecule has 9 aromatic carbocycles. The van der Waals surface area contributed by atoms with E-state index in [1.165, 1.54) is 5.39 Å². The molecule has 0 N–H and O–H groups in total. The number of hydrogen-bond donors (Lipinski definition) is 0. The highest BCUT2D eigenvalue weighted by Crippen LogP contribution is 2.55. The molecule has 60 heavy (non-hydrogen) atoms. The lowest BCUT2D eigenvalue weighted by molar-refractivity contribution is 0.434. The lowest BCUT2D eigenvalue weighted by Gasteiger charge is -2.41. The number of benzene rings is 9. The van der Waals surface area contributed by atoms with Gasteiger partial charge in [0.05, 0.1) is 12.0 Å². The van der Waals surface area contributed by atoms with Gasteiger partial charge in [0.25, 0.3) is 0 Å². The molecule has 0 radical (unpaired) electrons. The second-order valence-corrected chi connectivity index (χ2v) is 15.0. The molecular weight excluding hydrogens is 733 g/mol. The summed E-state index contributed by atoms with van der Waals surface area (Å²) in [5, 5.41) is 4.49. The molecule has 0 fully saturated rings. The highest BCUT2D eigenvalue weighted by atomic mass is 16.5. The SMILES string of the molecule is [C-]#[N+]c1ccc(-c2cccc(-c3nc(-c4ccc5c(c4)Oc4ccccc4C5(c4ccccc4)c4ccccc4)nc(-c4cc5ccccc5c5ccccc45)n3)c2)cc1. The minimum atomic E-state index is -0.641. The quantitative estimate of drug-likeness (QED) is 0.125. The first-order chi connectivity index (χ1) is 29.7. The van der Waals surface area contributed by atoms with Gasteiger partial charge in [-0.2, -0.15) is 0 Å². The number of fused-ring (bicyclic) bond motifs is 5. The highest BCUT2D eigenvalue weighted by molar-refractivity contribution is 6.13. The van der Waals surface area contributed by atoms with Crippen molar-refractivity contribution in [3.63, 3.8) is 0 Å². The third kappa shape index (κ3) is 5.74. The molecule has 0 saturated heterocycles. The summed E-state index contributed by atoms with van der Waals surface area (Å²) in [4.78, 5) is 19.4. The lowest BCUT2D eigenvalue weighted by Crippen LogP contribution is -2.34. The van der Waals surface area contributed by atoms with E-state index in [2.05, 4.69) is 169 Å². The third-order valence-corrected chi connectivity index (χ3v) is 11.7. The summed E-state index contributed by atoms with van der Waals surface area (Å²) in [5.41, 5.74) is 8.98. The van der Waals surface area contributed by atoms with Crippen LogP contribution in [-0.2, 0) is 5.41 Å². The molecule has 5 heteroatoms. The summed E-state index contributed by atoms with van der Waals surface area (Å²) in [7, 11) is 0. The van der Waals surface area contributed by atoms with Crippen LogP contribution in [0, 0.1) is 6.57 Å². The Morgan fingerprint density at radius 1 is 0.400 bits per heavy atom. The fourth-order valence-electron chi connectivity index (χ4n) is 8.91. The van der Waals surface area contributed by atoms with Crippen molar-refractivity contribution in [2.75, 3.05) is 0 Å². The molecule has 2 heterocycles. The molecule has 0 bridgehead atoms. The Kier molecular flexibility index (Phi) is 8.35. The predicted octanol–water partition coefficient (Wildman–Crippen LogP) is 13.9. The van der Waals surface area contributed by atoms with Crippen LogP contribution >= 0.6 is 0 Å². The maximum absolute atomic E-state index is 7.42. The van der Waals surface area contributed by atoms with Gasteiger partial charge >= 0.3 is 0 Å². The first-order valence-corrected chi connectivity index (χ1v) is 20.0. The predicted molar refractivity (Wildman–Crippen MR) is 241 cm³/mol. The molecule has 0 aliphatic carbocycles. The second kappa shape index (κ2) is 14.3. The Bertz CT molecular complexity index is 3260. The minimum Gasteiger partial charge on any atom is -0.457 e. The Morgan fingerprint density at radius 2 is 0.967 bits per heavy atom. The van der Waals surface area contributed by atoms with Crippen LogP contribution in [0.15, 0.2) is 206 Å². The molecule has 0 saturated carbocycles. The summed E-state index contributed by atoms with van der Waals surface area (Å²) in [6, 6.07) is 71.1. The Hall–Kier alpha value is -8.20. The van der Waals surface area contributed by atoms with E-state index in [1.807, 2.05) is 42.5 Å². The van der Waals surface area contributed by atoms with Crippen LogP contribution in [0.25, 0.3) is 71.7 Å². The molecule has 0 unspecified atom stereocenters. The molecule has 0 atom stereocenters. The smallest absolute Gasteiger partial charge is 0.187 e. The van der Waals surface area contributed by atoms with E-state index in [4.69, 9.17) is 26.3 Å². The van der Waals surface area contributed by atoms with Gasteiger partial charge in [-0.05, 0) is 68.1 Å². The zero-order valence-corrected chi connectivity index (χ0v) is 32.3. The van der Waals surface area contributed by atoms with Crippen molar-refractivity contribution in [2.45, 2.75) is 5.41 Å². The number of ether oxygens (including phenoxy) is 1. The van der Waals surface area contributed by atoms with Crippen molar-refractivity contribution in [3.05, 3.63) is 240 Å². The molecule has 1 aliphatic rings. The van der Waals surface area contributed by atoms with E-state index in [0.29, 0.717) is 23.2 Å². The van der Waals surface area contributed by atoms with Gasteiger partial charge in [-0.25, -0.2) is 19.8 Å². The van der Waals surface area contributed by atoms with E-state index in [-0.39, 0.29) is 0 Å². The van der Waals surface area contributed by atoms with Crippen molar-refractivity contribution in [2.24, 2.45) is 0 Å². The first-order valence-electron chi connectivity index (χ1n) is 20.0. The number of nitrogens with zero attached hydrogens (tertiary/aromatic N) is 4. The van der Waals surface area contributed by atoms with Crippen LogP contribution in [-0.4, -0.2) is 15.0 Å². The normalized spacial score (nSPS) is 12.6. The van der Waals surface area contributed by atoms with Gasteiger partial charge in [0, 0.05) is 27.8 Å². The van der Waals surface area contributed by atoms with Crippen LogP contribution in [0.1, 0.15) is 22.3 Å². The molecular formula is C55H34N4O. The maximum Gasteiger partial charge on any atom is 0.187 e. The van der Waals surface area contributed by atoms with Gasteiger partial charge in [0.15, 0.2) is 23.2 Å². The van der Waals surface area contributed by atoms with Crippen LogP contribution < -0.4 is 4.74 Å². The molecule has 280 valence electrons. The summed E-state index contributed by atoms with van der Waals surface area (Å²) < 4.78 is 6.87. The van der Waals surface area contributed by atoms with Crippen molar-refractivity contribution in [3.8, 4) is 56.8 Å². The average Bonchev–Trinajstić information content (AvgIpc) is 3.33. The molecule has 1 aliphatic heterocycles. The molecule has 0 spiro atoms. The number of para-hydroxylation sites is 1.